The predicted molar refractivity (Wildman–Crippen MR) is 163 cm³/mol. The Bertz CT molecular complexity index is 715. The monoisotopic (exact) mass is 648 g/mol. The van der Waals surface area contributed by atoms with Gasteiger partial charge in [-0.05, 0) is 11.5 Å². The fourth-order valence-electron chi connectivity index (χ4n) is 5.88. The summed E-state index contributed by atoms with van der Waals surface area (Å²) < 4.78 is 0. The Kier molecular flexibility index (Phi) is 32.5. The molecule has 0 nitrogen and oxygen atoms in total. The number of hydrogen-bond acceptors (Lipinski definition) is 0. The molecular weight excluding hydrogens is 591 g/mol. The van der Waals surface area contributed by atoms with Gasteiger partial charge in [0.1, 0.15) is 0 Å². The maximum Gasteiger partial charge on any atom is 4.00 e. The van der Waals surface area contributed by atoms with Crippen LogP contribution in [0.1, 0.15) is 154 Å². The number of hydrogen-bond donors (Lipinski definition) is 0. The van der Waals surface area contributed by atoms with E-state index in [0.717, 1.165) is 0 Å². The first-order valence-corrected chi connectivity index (χ1v) is 17.2. The molecule has 0 radical (unpaired) electrons. The number of unbranched alkanes of at least 4 members (excludes halogenated alkanes) is 16. The van der Waals surface area contributed by atoms with Crippen molar-refractivity contribution in [1.29, 1.82) is 0 Å². The van der Waals surface area contributed by atoms with Crippen LogP contribution in [0, 0.1) is 0 Å². The molecule has 0 aliphatic heterocycles. The van der Waals surface area contributed by atoms with Crippen LogP contribution in [0.5, 0.6) is 0 Å². The van der Waals surface area contributed by atoms with Crippen LogP contribution in [0.25, 0.3) is 0 Å². The summed E-state index contributed by atoms with van der Waals surface area (Å²) >= 11 is 0. The minimum Gasteiger partial charge on any atom is -1.00 e. The molecule has 1 atom stereocenters. The van der Waals surface area contributed by atoms with Crippen molar-refractivity contribution in [3.63, 3.8) is 0 Å². The topological polar surface area (TPSA) is 0 Å². The normalized spacial score (nSPS) is 16.0. The molecule has 0 N–H and O–H groups in total. The van der Waals surface area contributed by atoms with Crippen LogP contribution in [0.4, 0.5) is 0 Å². The molecule has 0 saturated carbocycles. The molecule has 0 amide bonds. The van der Waals surface area contributed by atoms with E-state index in [1.54, 1.807) is 16.3 Å². The first kappa shape index (κ1) is 44.1. The summed E-state index contributed by atoms with van der Waals surface area (Å²) in [6, 6.07) is 5.02. The maximum atomic E-state index is 2.52. The third-order valence-corrected chi connectivity index (χ3v) is 10.6. The number of aryl methyl sites for hydroxylation is 1. The molecule has 224 valence electrons. The molecule has 1 aliphatic rings. The van der Waals surface area contributed by atoms with Crippen LogP contribution in [0.15, 0.2) is 36.4 Å². The van der Waals surface area contributed by atoms with Crippen molar-refractivity contribution in [2.75, 3.05) is 0 Å². The molecule has 0 bridgehead atoms. The van der Waals surface area contributed by atoms with E-state index in [9.17, 15) is 0 Å². The summed E-state index contributed by atoms with van der Waals surface area (Å²) in [5.41, 5.74) is 3.47. The largest absolute Gasteiger partial charge is 4.00 e. The molecule has 0 saturated heterocycles. The van der Waals surface area contributed by atoms with Crippen molar-refractivity contribution in [2.45, 2.75) is 161 Å². The van der Waals surface area contributed by atoms with Gasteiger partial charge in [0.05, 0.1) is 0 Å². The Morgan fingerprint density at radius 2 is 1.15 bits per heavy atom. The molecule has 0 aromatic heterocycles. The van der Waals surface area contributed by atoms with E-state index >= 15 is 0 Å². The van der Waals surface area contributed by atoms with Gasteiger partial charge in [-0.25, -0.2) is 6.07 Å². The van der Waals surface area contributed by atoms with Gasteiger partial charge >= 0.3 is 21.7 Å². The number of rotatable bonds is 22. The number of halogens is 3. The van der Waals surface area contributed by atoms with Gasteiger partial charge in [-0.15, -0.1) is 0 Å². The summed E-state index contributed by atoms with van der Waals surface area (Å²) in [5.74, 6) is 0. The molecule has 5 heteroatoms. The molecule has 0 fully saturated rings. The van der Waals surface area contributed by atoms with Gasteiger partial charge in [0.15, 0.2) is 0 Å². The van der Waals surface area contributed by atoms with Crippen LogP contribution in [-0.4, -0.2) is 9.52 Å². The zero-order chi connectivity index (χ0) is 25.0. The zero-order valence-corrected chi connectivity index (χ0v) is 30.9. The fourth-order valence-corrected chi connectivity index (χ4v) is 8.17. The van der Waals surface area contributed by atoms with Gasteiger partial charge < -0.3 is 37.2 Å². The van der Waals surface area contributed by atoms with E-state index < -0.39 is 0 Å². The van der Waals surface area contributed by atoms with E-state index in [-0.39, 0.29) is 68.5 Å². The molecule has 1 aromatic carbocycles. The summed E-state index contributed by atoms with van der Waals surface area (Å²) in [5, 5.41) is 2.22. The van der Waals surface area contributed by atoms with Gasteiger partial charge in [-0.1, -0.05) is 173 Å². The van der Waals surface area contributed by atoms with Gasteiger partial charge in [0, 0.05) is 9.52 Å². The second kappa shape index (κ2) is 28.7. The molecule has 0 heterocycles. The molecule has 1 aromatic rings. The third kappa shape index (κ3) is 20.2. The van der Waals surface area contributed by atoms with Crippen molar-refractivity contribution >= 4 is 14.7 Å². The first-order valence-electron chi connectivity index (χ1n) is 15.8. The van der Waals surface area contributed by atoms with Crippen molar-refractivity contribution in [1.82, 2.24) is 0 Å². The number of allylic oxidation sites excluding steroid dienone is 4. The average molecular weight is 650 g/mol. The van der Waals surface area contributed by atoms with Gasteiger partial charge in [0.2, 0.25) is 0 Å². The molecule has 2 rings (SSSR count). The molecule has 1 unspecified atom stereocenters. The summed E-state index contributed by atoms with van der Waals surface area (Å²) in [7, 11) is -0.290. The Morgan fingerprint density at radius 1 is 0.667 bits per heavy atom. The minimum absolute atomic E-state index is 0. The Hall–Kier alpha value is 0.631. The van der Waals surface area contributed by atoms with Crippen LogP contribution in [0.2, 0.25) is 5.04 Å². The maximum absolute atomic E-state index is 2.52. The predicted octanol–water partition coefficient (Wildman–Crippen LogP) is 1.05. The van der Waals surface area contributed by atoms with Crippen LogP contribution < -0.4 is 42.4 Å². The van der Waals surface area contributed by atoms with E-state index in [1.165, 1.54) is 135 Å². The summed E-state index contributed by atoms with van der Waals surface area (Å²) in [6.07, 6.45) is 39.2. The van der Waals surface area contributed by atoms with E-state index in [1.807, 2.05) is 0 Å². The average Bonchev–Trinajstić information content (AvgIpc) is 3.23. The van der Waals surface area contributed by atoms with Gasteiger partial charge in [-0.3, -0.25) is 0 Å². The molecule has 0 spiro atoms. The summed E-state index contributed by atoms with van der Waals surface area (Å²) in [6.45, 7) is 7.13. The van der Waals surface area contributed by atoms with Crippen molar-refractivity contribution in [3.05, 3.63) is 47.6 Å². The van der Waals surface area contributed by atoms with Crippen LogP contribution in [-0.2, 0) is 34.6 Å². The van der Waals surface area contributed by atoms with E-state index in [2.05, 4.69) is 57.2 Å². The van der Waals surface area contributed by atoms with E-state index in [0.29, 0.717) is 5.04 Å². The van der Waals surface area contributed by atoms with Crippen molar-refractivity contribution in [2.24, 2.45) is 0 Å². The SMILES string of the molecule is CCCCCCCCCCCCCCCCCCc1c(CCCC)cc[c-]1[SiH2]C1(C)C=CC=CC1.[Cl-].[Cl-].[Cl-].[Ti+4]. The standard InChI is InChI=1S/C34H59Si.3ClH.Ti/c1-4-6-8-9-10-11-12-13-14-15-16-17-18-19-20-22-26-32-31(25-7-5-2)27-28-33(32)35-34(3)29-23-21-24-30-34;;;;/h21,23-24,27-29H,4-20,22,25-26,30,35H2,1-3H3;3*1H;/q-1;;;;+4/p-3. The zero-order valence-electron chi connectivity index (χ0n) is 25.7. The fraction of sp³-hybridized carbons (Fsp3) is 0.735. The van der Waals surface area contributed by atoms with Gasteiger partial charge in [-0.2, -0.15) is 22.4 Å². The molecule has 1 aliphatic carbocycles. The van der Waals surface area contributed by atoms with Crippen LogP contribution >= 0.6 is 0 Å². The summed E-state index contributed by atoms with van der Waals surface area (Å²) in [4.78, 5) is 0. The van der Waals surface area contributed by atoms with E-state index in [4.69, 9.17) is 0 Å². The quantitative estimate of drug-likeness (QED) is 0.100. The minimum atomic E-state index is -0.290. The second-order valence-corrected chi connectivity index (χ2v) is 14.6. The van der Waals surface area contributed by atoms with Crippen LogP contribution in [0.3, 0.4) is 0 Å². The van der Waals surface area contributed by atoms with Gasteiger partial charge in [0.25, 0.3) is 0 Å². The second-order valence-electron chi connectivity index (χ2n) is 11.8. The van der Waals surface area contributed by atoms with Crippen molar-refractivity contribution in [3.8, 4) is 0 Å². The molecular formula is C34H59Cl3SiTi. The van der Waals surface area contributed by atoms with Crippen molar-refractivity contribution < 1.29 is 58.9 Å². The third-order valence-electron chi connectivity index (χ3n) is 8.27. The Balaban J connectivity index is -0.00000324. The molecule has 39 heavy (non-hydrogen) atoms. The first-order chi connectivity index (χ1) is 17.2. The Morgan fingerprint density at radius 3 is 1.62 bits per heavy atom. The smallest absolute Gasteiger partial charge is 1.00 e. The Labute approximate surface area is 280 Å².